The molecule has 23 heavy (non-hydrogen) atoms. The Morgan fingerprint density at radius 3 is 1.39 bits per heavy atom. The third kappa shape index (κ3) is 3.32. The maximum atomic E-state index is 9.62. The molecule has 0 aliphatic rings. The average Bonchev–Trinajstić information content (AvgIpc) is 2.61. The van der Waals surface area contributed by atoms with Crippen molar-refractivity contribution >= 4 is 0 Å². The first-order valence-corrected chi connectivity index (χ1v) is 7.02. The van der Waals surface area contributed by atoms with Gasteiger partial charge in [0.15, 0.2) is 23.0 Å². The Bertz CT molecular complexity index is 666. The van der Waals surface area contributed by atoms with Crippen LogP contribution in [0.1, 0.15) is 17.0 Å². The van der Waals surface area contributed by atoms with Crippen LogP contribution in [0.2, 0.25) is 0 Å². The van der Waals surface area contributed by atoms with Crippen molar-refractivity contribution in [1.29, 1.82) is 5.26 Å². The van der Waals surface area contributed by atoms with Crippen molar-refractivity contribution in [3.05, 3.63) is 47.5 Å². The summed E-state index contributed by atoms with van der Waals surface area (Å²) in [4.78, 5) is 0. The van der Waals surface area contributed by atoms with Gasteiger partial charge >= 0.3 is 0 Å². The van der Waals surface area contributed by atoms with Crippen LogP contribution in [0.4, 0.5) is 0 Å². The van der Waals surface area contributed by atoms with Crippen molar-refractivity contribution in [2.24, 2.45) is 0 Å². The van der Waals surface area contributed by atoms with Gasteiger partial charge in [0.25, 0.3) is 0 Å². The number of nitriles is 1. The highest BCUT2D eigenvalue weighted by atomic mass is 16.5. The largest absolute Gasteiger partial charge is 0.493 e. The Labute approximate surface area is 136 Å². The van der Waals surface area contributed by atoms with Gasteiger partial charge in [-0.25, -0.2) is 0 Å². The van der Waals surface area contributed by atoms with Gasteiger partial charge in [0, 0.05) is 0 Å². The maximum Gasteiger partial charge on any atom is 0.161 e. The lowest BCUT2D eigenvalue weighted by atomic mass is 9.92. The fourth-order valence-corrected chi connectivity index (χ4v) is 2.41. The average molecular weight is 313 g/mol. The van der Waals surface area contributed by atoms with Crippen LogP contribution in [0.3, 0.4) is 0 Å². The molecule has 0 amide bonds. The third-order valence-corrected chi connectivity index (χ3v) is 3.61. The summed E-state index contributed by atoms with van der Waals surface area (Å²) < 4.78 is 21.1. The summed E-state index contributed by atoms with van der Waals surface area (Å²) in [5.41, 5.74) is 1.63. The van der Waals surface area contributed by atoms with Gasteiger partial charge in [-0.2, -0.15) is 5.26 Å². The second-order valence-electron chi connectivity index (χ2n) is 4.79. The molecule has 2 rings (SSSR count). The zero-order valence-corrected chi connectivity index (χ0v) is 13.6. The van der Waals surface area contributed by atoms with E-state index in [0.717, 1.165) is 11.1 Å². The summed E-state index contributed by atoms with van der Waals surface area (Å²) in [6.45, 7) is 0. The molecule has 0 atom stereocenters. The number of ether oxygens (including phenoxy) is 4. The number of benzene rings is 2. The zero-order chi connectivity index (χ0) is 16.8. The van der Waals surface area contributed by atoms with Gasteiger partial charge in [-0.15, -0.1) is 0 Å². The van der Waals surface area contributed by atoms with Crippen LogP contribution >= 0.6 is 0 Å². The Kier molecular flexibility index (Phi) is 5.32. The quantitative estimate of drug-likeness (QED) is 0.818. The van der Waals surface area contributed by atoms with E-state index in [4.69, 9.17) is 18.9 Å². The second kappa shape index (κ2) is 7.41. The predicted octanol–water partition coefficient (Wildman–Crippen LogP) is 3.38. The summed E-state index contributed by atoms with van der Waals surface area (Å²) in [5, 5.41) is 9.62. The smallest absolute Gasteiger partial charge is 0.161 e. The lowest BCUT2D eigenvalue weighted by molar-refractivity contribution is 0.354. The number of rotatable bonds is 6. The number of hydrogen-bond donors (Lipinski definition) is 0. The van der Waals surface area contributed by atoms with Gasteiger partial charge in [-0.05, 0) is 35.4 Å². The molecule has 0 bridgehead atoms. The van der Waals surface area contributed by atoms with Crippen LogP contribution in [0.5, 0.6) is 23.0 Å². The number of methoxy groups -OCH3 is 4. The van der Waals surface area contributed by atoms with E-state index in [2.05, 4.69) is 6.07 Å². The molecule has 2 aromatic carbocycles. The molecule has 2 aromatic rings. The van der Waals surface area contributed by atoms with Crippen molar-refractivity contribution in [3.63, 3.8) is 0 Å². The predicted molar refractivity (Wildman–Crippen MR) is 86.5 cm³/mol. The molecule has 0 fully saturated rings. The Morgan fingerprint density at radius 2 is 1.09 bits per heavy atom. The monoisotopic (exact) mass is 313 g/mol. The molecule has 120 valence electrons. The zero-order valence-electron chi connectivity index (χ0n) is 13.6. The lowest BCUT2D eigenvalue weighted by Gasteiger charge is -2.15. The van der Waals surface area contributed by atoms with Gasteiger partial charge in [0.1, 0.15) is 0 Å². The summed E-state index contributed by atoms with van der Waals surface area (Å²) in [6, 6.07) is 13.2. The van der Waals surface area contributed by atoms with E-state index in [1.54, 1.807) is 40.6 Å². The summed E-state index contributed by atoms with van der Waals surface area (Å²) in [7, 11) is 6.29. The topological polar surface area (TPSA) is 60.7 Å². The van der Waals surface area contributed by atoms with E-state index < -0.39 is 5.92 Å². The van der Waals surface area contributed by atoms with E-state index in [1.165, 1.54) is 0 Å². The van der Waals surface area contributed by atoms with Crippen molar-refractivity contribution in [1.82, 2.24) is 0 Å². The molecule has 0 aliphatic carbocycles. The van der Waals surface area contributed by atoms with Crippen molar-refractivity contribution < 1.29 is 18.9 Å². The summed E-state index contributed by atoms with van der Waals surface area (Å²) in [5.74, 6) is 1.98. The number of nitrogens with zero attached hydrogens (tertiary/aromatic N) is 1. The van der Waals surface area contributed by atoms with Crippen molar-refractivity contribution in [2.45, 2.75) is 5.92 Å². The Morgan fingerprint density at radius 1 is 0.696 bits per heavy atom. The maximum absolute atomic E-state index is 9.62. The molecular weight excluding hydrogens is 294 g/mol. The molecule has 5 nitrogen and oxygen atoms in total. The minimum atomic E-state index is -0.449. The van der Waals surface area contributed by atoms with Crippen molar-refractivity contribution in [2.75, 3.05) is 28.4 Å². The molecule has 0 unspecified atom stereocenters. The van der Waals surface area contributed by atoms with E-state index in [-0.39, 0.29) is 0 Å². The summed E-state index contributed by atoms with van der Waals surface area (Å²) in [6.07, 6.45) is 0. The summed E-state index contributed by atoms with van der Waals surface area (Å²) >= 11 is 0. The highest BCUT2D eigenvalue weighted by Crippen LogP contribution is 2.36. The first kappa shape index (κ1) is 16.5. The fourth-order valence-electron chi connectivity index (χ4n) is 2.41. The second-order valence-corrected chi connectivity index (χ2v) is 4.79. The lowest BCUT2D eigenvalue weighted by Crippen LogP contribution is -2.01. The van der Waals surface area contributed by atoms with Crippen LogP contribution in [0.25, 0.3) is 0 Å². The molecular formula is C18H19NO4. The highest BCUT2D eigenvalue weighted by Gasteiger charge is 2.18. The van der Waals surface area contributed by atoms with Crippen LogP contribution in [-0.2, 0) is 0 Å². The van der Waals surface area contributed by atoms with Gasteiger partial charge in [0.2, 0.25) is 0 Å². The molecule has 0 aliphatic heterocycles. The van der Waals surface area contributed by atoms with E-state index >= 15 is 0 Å². The van der Waals surface area contributed by atoms with Crippen LogP contribution < -0.4 is 18.9 Å². The highest BCUT2D eigenvalue weighted by molar-refractivity contribution is 5.51. The van der Waals surface area contributed by atoms with E-state index in [9.17, 15) is 5.26 Å². The minimum Gasteiger partial charge on any atom is -0.493 e. The molecule has 5 heteroatoms. The Hall–Kier alpha value is -2.87. The van der Waals surface area contributed by atoms with Crippen LogP contribution in [0.15, 0.2) is 36.4 Å². The molecule has 0 spiro atoms. The number of hydrogen-bond acceptors (Lipinski definition) is 5. The first-order valence-electron chi connectivity index (χ1n) is 7.02. The van der Waals surface area contributed by atoms with E-state index in [0.29, 0.717) is 23.0 Å². The molecule has 0 radical (unpaired) electrons. The fraction of sp³-hybridized carbons (Fsp3) is 0.278. The molecule has 0 heterocycles. The first-order chi connectivity index (χ1) is 11.2. The van der Waals surface area contributed by atoms with Crippen LogP contribution in [-0.4, -0.2) is 28.4 Å². The third-order valence-electron chi connectivity index (χ3n) is 3.61. The van der Waals surface area contributed by atoms with Crippen LogP contribution in [0, 0.1) is 11.3 Å². The van der Waals surface area contributed by atoms with Gasteiger partial charge < -0.3 is 18.9 Å². The standard InChI is InChI=1S/C18H19NO4/c1-20-15-7-5-12(9-17(15)22-3)14(11-19)13-6-8-16(21-2)18(10-13)23-4/h5-10,14H,1-4H3. The SMILES string of the molecule is COc1ccc(C(C#N)c2ccc(OC)c(OC)c2)cc1OC. The van der Waals surface area contributed by atoms with Gasteiger partial charge in [-0.1, -0.05) is 12.1 Å². The molecule has 0 aromatic heterocycles. The van der Waals surface area contributed by atoms with Crippen molar-refractivity contribution in [3.8, 4) is 29.1 Å². The minimum absolute atomic E-state index is 0.449. The van der Waals surface area contributed by atoms with Gasteiger partial charge in [-0.3, -0.25) is 0 Å². The molecule has 0 saturated heterocycles. The van der Waals surface area contributed by atoms with E-state index in [1.807, 2.05) is 24.3 Å². The molecule has 0 N–H and O–H groups in total. The van der Waals surface area contributed by atoms with Gasteiger partial charge in [0.05, 0.1) is 40.4 Å². The Balaban J connectivity index is 2.46. The molecule has 0 saturated carbocycles. The normalized spacial score (nSPS) is 10.1.